The lowest BCUT2D eigenvalue weighted by Gasteiger charge is -2.31. The Morgan fingerprint density at radius 1 is 1.26 bits per heavy atom. The second kappa shape index (κ2) is 5.53. The van der Waals surface area contributed by atoms with E-state index in [0.717, 1.165) is 11.5 Å². The first-order chi connectivity index (χ1) is 9.33. The molecule has 4 heteroatoms. The largest absolute Gasteiger partial charge is 0.419 e. The fourth-order valence-electron chi connectivity index (χ4n) is 2.38. The molecule has 3 rings (SSSR count). The number of nitrogens with zero attached hydrogens (tertiary/aromatic N) is 2. The van der Waals surface area contributed by atoms with Crippen LogP contribution in [0.5, 0.6) is 0 Å². The molecule has 0 saturated heterocycles. The minimum atomic E-state index is 0.529. The van der Waals surface area contributed by atoms with Crippen LogP contribution in [0.15, 0.2) is 34.7 Å². The lowest BCUT2D eigenvalue weighted by molar-refractivity contribution is 0.235. The van der Waals surface area contributed by atoms with Crippen molar-refractivity contribution < 1.29 is 4.42 Å². The van der Waals surface area contributed by atoms with Crippen molar-refractivity contribution in [1.82, 2.24) is 15.5 Å². The lowest BCUT2D eigenvalue weighted by atomic mass is 9.80. The molecule has 1 aromatic heterocycles. The van der Waals surface area contributed by atoms with Gasteiger partial charge < -0.3 is 9.73 Å². The van der Waals surface area contributed by atoms with Gasteiger partial charge in [0, 0.05) is 11.6 Å². The van der Waals surface area contributed by atoms with E-state index < -0.39 is 0 Å². The predicted octanol–water partition coefficient (Wildman–Crippen LogP) is 3.01. The van der Waals surface area contributed by atoms with Gasteiger partial charge >= 0.3 is 0 Å². The summed E-state index contributed by atoms with van der Waals surface area (Å²) in [5, 5.41) is 11.6. The van der Waals surface area contributed by atoms with Gasteiger partial charge in [-0.05, 0) is 37.8 Å². The molecular weight excluding hydrogens is 238 g/mol. The van der Waals surface area contributed by atoms with E-state index in [1.807, 2.05) is 30.3 Å². The molecule has 4 nitrogen and oxygen atoms in total. The SMILES string of the molecule is CC(NCc1nnc(-c2ccccc2)o1)C1CCC1. The summed E-state index contributed by atoms with van der Waals surface area (Å²) in [5.74, 6) is 2.07. The Balaban J connectivity index is 1.59. The zero-order chi connectivity index (χ0) is 13.1. The molecule has 0 aliphatic heterocycles. The molecule has 1 atom stereocenters. The van der Waals surface area contributed by atoms with Gasteiger partial charge in [0.2, 0.25) is 11.8 Å². The minimum Gasteiger partial charge on any atom is -0.419 e. The highest BCUT2D eigenvalue weighted by atomic mass is 16.4. The third kappa shape index (κ3) is 2.84. The van der Waals surface area contributed by atoms with Crippen molar-refractivity contribution in [1.29, 1.82) is 0 Å². The van der Waals surface area contributed by atoms with Gasteiger partial charge in [-0.2, -0.15) is 0 Å². The topological polar surface area (TPSA) is 51.0 Å². The Bertz CT molecular complexity index is 519. The van der Waals surface area contributed by atoms with Crippen molar-refractivity contribution in [2.75, 3.05) is 0 Å². The van der Waals surface area contributed by atoms with E-state index in [2.05, 4.69) is 22.4 Å². The standard InChI is InChI=1S/C15H19N3O/c1-11(12-8-5-9-12)16-10-14-17-18-15(19-14)13-6-3-2-4-7-13/h2-4,6-7,11-12,16H,5,8-10H2,1H3. The maximum Gasteiger partial charge on any atom is 0.247 e. The Morgan fingerprint density at radius 3 is 2.74 bits per heavy atom. The molecule has 1 aliphatic rings. The summed E-state index contributed by atoms with van der Waals surface area (Å²) < 4.78 is 5.67. The first kappa shape index (κ1) is 12.4. The smallest absolute Gasteiger partial charge is 0.247 e. The molecular formula is C15H19N3O. The van der Waals surface area contributed by atoms with Crippen molar-refractivity contribution in [3.05, 3.63) is 36.2 Å². The predicted molar refractivity (Wildman–Crippen MR) is 73.4 cm³/mol. The Kier molecular flexibility index (Phi) is 3.60. The van der Waals surface area contributed by atoms with Gasteiger partial charge in [-0.1, -0.05) is 24.6 Å². The van der Waals surface area contributed by atoms with E-state index in [9.17, 15) is 0 Å². The molecule has 1 fully saturated rings. The Hall–Kier alpha value is -1.68. The highest BCUT2D eigenvalue weighted by Crippen LogP contribution is 2.29. The van der Waals surface area contributed by atoms with Crippen LogP contribution in [0, 0.1) is 5.92 Å². The molecule has 0 amide bonds. The molecule has 1 saturated carbocycles. The molecule has 19 heavy (non-hydrogen) atoms. The average molecular weight is 257 g/mol. The van der Waals surface area contributed by atoms with Crippen molar-refractivity contribution in [3.63, 3.8) is 0 Å². The fraction of sp³-hybridized carbons (Fsp3) is 0.467. The van der Waals surface area contributed by atoms with Crippen molar-refractivity contribution in [2.45, 2.75) is 38.8 Å². The maximum absolute atomic E-state index is 5.67. The van der Waals surface area contributed by atoms with Gasteiger partial charge in [-0.3, -0.25) is 0 Å². The minimum absolute atomic E-state index is 0.529. The third-order valence-electron chi connectivity index (χ3n) is 3.92. The van der Waals surface area contributed by atoms with Gasteiger partial charge in [0.1, 0.15) is 0 Å². The summed E-state index contributed by atoms with van der Waals surface area (Å²) in [6, 6.07) is 10.4. The van der Waals surface area contributed by atoms with Gasteiger partial charge in [-0.15, -0.1) is 10.2 Å². The zero-order valence-corrected chi connectivity index (χ0v) is 11.2. The summed E-state index contributed by atoms with van der Waals surface area (Å²) in [6.07, 6.45) is 4.05. The quantitative estimate of drug-likeness (QED) is 0.894. The zero-order valence-electron chi connectivity index (χ0n) is 11.2. The monoisotopic (exact) mass is 257 g/mol. The van der Waals surface area contributed by atoms with Crippen LogP contribution in [0.2, 0.25) is 0 Å². The van der Waals surface area contributed by atoms with Gasteiger partial charge in [0.25, 0.3) is 0 Å². The van der Waals surface area contributed by atoms with Crippen LogP contribution >= 0.6 is 0 Å². The molecule has 100 valence electrons. The number of nitrogens with one attached hydrogen (secondary N) is 1. The molecule has 2 aromatic rings. The number of hydrogen-bond donors (Lipinski definition) is 1. The first-order valence-electron chi connectivity index (χ1n) is 6.94. The summed E-state index contributed by atoms with van der Waals surface area (Å²) >= 11 is 0. The molecule has 1 heterocycles. The van der Waals surface area contributed by atoms with E-state index in [0.29, 0.717) is 24.4 Å². The summed E-state index contributed by atoms with van der Waals surface area (Å²) in [5.41, 5.74) is 0.966. The maximum atomic E-state index is 5.67. The van der Waals surface area contributed by atoms with Crippen LogP contribution < -0.4 is 5.32 Å². The second-order valence-corrected chi connectivity index (χ2v) is 5.23. The molecule has 1 N–H and O–H groups in total. The molecule has 0 spiro atoms. The molecule has 1 unspecified atom stereocenters. The fourth-order valence-corrected chi connectivity index (χ4v) is 2.38. The van der Waals surface area contributed by atoms with Crippen LogP contribution in [0.25, 0.3) is 11.5 Å². The normalized spacial score (nSPS) is 17.1. The van der Waals surface area contributed by atoms with E-state index in [1.54, 1.807) is 0 Å². The summed E-state index contributed by atoms with van der Waals surface area (Å²) in [7, 11) is 0. The number of aromatic nitrogens is 2. The molecule has 1 aromatic carbocycles. The lowest BCUT2D eigenvalue weighted by Crippen LogP contribution is -2.36. The van der Waals surface area contributed by atoms with Gasteiger partial charge in [0.15, 0.2) is 0 Å². The number of rotatable bonds is 5. The molecule has 1 aliphatic carbocycles. The van der Waals surface area contributed by atoms with Crippen molar-refractivity contribution in [3.8, 4) is 11.5 Å². The van der Waals surface area contributed by atoms with E-state index in [4.69, 9.17) is 4.42 Å². The second-order valence-electron chi connectivity index (χ2n) is 5.23. The third-order valence-corrected chi connectivity index (χ3v) is 3.92. The summed E-state index contributed by atoms with van der Waals surface area (Å²) in [6.45, 7) is 2.88. The Labute approximate surface area is 113 Å². The Morgan fingerprint density at radius 2 is 2.05 bits per heavy atom. The van der Waals surface area contributed by atoms with E-state index in [1.165, 1.54) is 19.3 Å². The number of hydrogen-bond acceptors (Lipinski definition) is 4. The molecule has 0 radical (unpaired) electrons. The van der Waals surface area contributed by atoms with Crippen LogP contribution in [0.3, 0.4) is 0 Å². The highest BCUT2D eigenvalue weighted by Gasteiger charge is 2.23. The average Bonchev–Trinajstić information content (AvgIpc) is 2.84. The van der Waals surface area contributed by atoms with E-state index in [-0.39, 0.29) is 0 Å². The van der Waals surface area contributed by atoms with Crippen molar-refractivity contribution in [2.24, 2.45) is 5.92 Å². The molecule has 0 bridgehead atoms. The van der Waals surface area contributed by atoms with Crippen LogP contribution in [0.4, 0.5) is 0 Å². The van der Waals surface area contributed by atoms with Crippen molar-refractivity contribution >= 4 is 0 Å². The highest BCUT2D eigenvalue weighted by molar-refractivity contribution is 5.51. The van der Waals surface area contributed by atoms with E-state index >= 15 is 0 Å². The first-order valence-corrected chi connectivity index (χ1v) is 6.94. The van der Waals surface area contributed by atoms with Crippen LogP contribution in [0.1, 0.15) is 32.1 Å². The summed E-state index contributed by atoms with van der Waals surface area (Å²) in [4.78, 5) is 0. The van der Waals surface area contributed by atoms with Gasteiger partial charge in [-0.25, -0.2) is 0 Å². The van der Waals surface area contributed by atoms with Crippen LogP contribution in [-0.2, 0) is 6.54 Å². The number of benzene rings is 1. The van der Waals surface area contributed by atoms with Gasteiger partial charge in [0.05, 0.1) is 6.54 Å². The van der Waals surface area contributed by atoms with Crippen LogP contribution in [-0.4, -0.2) is 16.2 Å².